The van der Waals surface area contributed by atoms with Crippen molar-refractivity contribution in [1.29, 1.82) is 0 Å². The van der Waals surface area contributed by atoms with Crippen molar-refractivity contribution in [3.05, 3.63) is 156 Å². The number of benzene rings is 5. The van der Waals surface area contributed by atoms with Crippen LogP contribution in [-0.2, 0) is 6.42 Å². The van der Waals surface area contributed by atoms with Crippen molar-refractivity contribution in [2.24, 2.45) is 0 Å². The molecule has 2 aliphatic carbocycles. The van der Waals surface area contributed by atoms with E-state index in [4.69, 9.17) is 19.4 Å². The van der Waals surface area contributed by atoms with E-state index in [2.05, 4.69) is 77.4 Å². The maximum atomic E-state index is 6.64. The van der Waals surface area contributed by atoms with Crippen LogP contribution in [0.1, 0.15) is 36.1 Å². The standard InChI is InChI=1S/C45H32N4O/c1-4-14-29(15-5-1)32-26-27-34-33-20-10-11-22-36(33)49(38(34)28-32)37-23-13-25-40-42(37)41-35(21-12-24-39(41)50-40)45-47-43(30-16-6-2-7-17-30)46-44(48-45)31-18-8-3-9-19-31/h1-4,6-10,12-14,16-21,23-28H,5,11,15,22H2. The highest BCUT2D eigenvalue weighted by Crippen LogP contribution is 2.43. The van der Waals surface area contributed by atoms with Crippen LogP contribution >= 0.6 is 0 Å². The monoisotopic (exact) mass is 644 g/mol. The van der Waals surface area contributed by atoms with Crippen LogP contribution in [0.4, 0.5) is 0 Å². The number of rotatable bonds is 5. The van der Waals surface area contributed by atoms with Gasteiger partial charge in [0.1, 0.15) is 11.2 Å². The molecule has 3 aromatic heterocycles. The van der Waals surface area contributed by atoms with Gasteiger partial charge in [-0.05, 0) is 61.1 Å². The molecule has 0 aliphatic heterocycles. The minimum absolute atomic E-state index is 0.614. The second-order valence-electron chi connectivity index (χ2n) is 13.0. The lowest BCUT2D eigenvalue weighted by molar-refractivity contribution is 0.669. The molecule has 5 nitrogen and oxygen atoms in total. The lowest BCUT2D eigenvalue weighted by atomic mass is 9.96. The van der Waals surface area contributed by atoms with E-state index in [1.54, 1.807) is 0 Å². The quantitative estimate of drug-likeness (QED) is 0.187. The highest BCUT2D eigenvalue weighted by molar-refractivity contribution is 6.16. The van der Waals surface area contributed by atoms with Crippen molar-refractivity contribution < 1.29 is 4.42 Å². The number of fused-ring (bicyclic) bond motifs is 6. The summed E-state index contributed by atoms with van der Waals surface area (Å²) in [6, 6.07) is 39.9. The molecule has 3 heterocycles. The third-order valence-electron chi connectivity index (χ3n) is 10.0. The maximum absolute atomic E-state index is 6.64. The van der Waals surface area contributed by atoms with E-state index in [0.29, 0.717) is 17.5 Å². The summed E-state index contributed by atoms with van der Waals surface area (Å²) in [4.78, 5) is 15.2. The summed E-state index contributed by atoms with van der Waals surface area (Å²) >= 11 is 0. The van der Waals surface area contributed by atoms with Crippen LogP contribution < -0.4 is 0 Å². The van der Waals surface area contributed by atoms with Gasteiger partial charge in [-0.15, -0.1) is 0 Å². The molecule has 0 N–H and O–H groups in total. The summed E-state index contributed by atoms with van der Waals surface area (Å²) in [6.07, 6.45) is 15.4. The molecule has 0 amide bonds. The topological polar surface area (TPSA) is 56.7 Å². The Morgan fingerprint density at radius 1 is 0.580 bits per heavy atom. The van der Waals surface area contributed by atoms with Gasteiger partial charge < -0.3 is 8.98 Å². The average Bonchev–Trinajstić information content (AvgIpc) is 3.74. The zero-order valence-corrected chi connectivity index (χ0v) is 27.4. The van der Waals surface area contributed by atoms with Gasteiger partial charge in [0.05, 0.1) is 16.6 Å². The normalized spacial score (nSPS) is 14.0. The SMILES string of the molecule is C1=CCCC(c2ccc3c4c(n(-c5cccc6oc7cccc(-c8nc(-c9ccccc9)nc(-c9ccccc9)n8)c7c56)c3c2)CCC=C4)=C1. The molecule has 0 saturated heterocycles. The Hall–Kier alpha value is -6.33. The third-order valence-corrected chi connectivity index (χ3v) is 10.0. The second kappa shape index (κ2) is 11.7. The van der Waals surface area contributed by atoms with Crippen LogP contribution in [0.5, 0.6) is 0 Å². The fraction of sp³-hybridized carbons (Fsp3) is 0.0889. The molecule has 0 atom stereocenters. The zero-order valence-electron chi connectivity index (χ0n) is 27.4. The zero-order chi connectivity index (χ0) is 33.0. The average molecular weight is 645 g/mol. The highest BCUT2D eigenvalue weighted by atomic mass is 16.3. The molecule has 0 unspecified atom stereocenters. The highest BCUT2D eigenvalue weighted by Gasteiger charge is 2.24. The van der Waals surface area contributed by atoms with E-state index < -0.39 is 0 Å². The number of hydrogen-bond donors (Lipinski definition) is 0. The molecule has 0 fully saturated rings. The molecule has 2 aliphatic rings. The maximum Gasteiger partial charge on any atom is 0.164 e. The Bertz CT molecular complexity index is 2640. The predicted molar refractivity (Wildman–Crippen MR) is 204 cm³/mol. The van der Waals surface area contributed by atoms with Gasteiger partial charge in [-0.3, -0.25) is 0 Å². The number of hydrogen-bond acceptors (Lipinski definition) is 4. The Labute approximate surface area is 289 Å². The van der Waals surface area contributed by atoms with Gasteiger partial charge in [0.15, 0.2) is 17.5 Å². The molecule has 0 bridgehead atoms. The van der Waals surface area contributed by atoms with Gasteiger partial charge >= 0.3 is 0 Å². The van der Waals surface area contributed by atoms with Crippen molar-refractivity contribution in [2.75, 3.05) is 0 Å². The van der Waals surface area contributed by atoms with Crippen molar-refractivity contribution in [3.8, 4) is 39.9 Å². The molecule has 238 valence electrons. The van der Waals surface area contributed by atoms with Crippen LogP contribution in [-0.4, -0.2) is 19.5 Å². The lowest BCUT2D eigenvalue weighted by Crippen LogP contribution is -2.04. The van der Waals surface area contributed by atoms with Gasteiger partial charge in [0, 0.05) is 38.7 Å². The third kappa shape index (κ3) is 4.66. The Morgan fingerprint density at radius 3 is 2.02 bits per heavy atom. The Morgan fingerprint density at radius 2 is 1.28 bits per heavy atom. The van der Waals surface area contributed by atoms with E-state index >= 15 is 0 Å². The molecule has 0 saturated carbocycles. The van der Waals surface area contributed by atoms with Crippen molar-refractivity contribution >= 4 is 44.5 Å². The van der Waals surface area contributed by atoms with Crippen LogP contribution in [0.3, 0.4) is 0 Å². The predicted octanol–water partition coefficient (Wildman–Crippen LogP) is 11.4. The van der Waals surface area contributed by atoms with E-state index in [1.165, 1.54) is 33.3 Å². The minimum atomic E-state index is 0.614. The molecular weight excluding hydrogens is 613 g/mol. The van der Waals surface area contributed by atoms with Crippen molar-refractivity contribution in [3.63, 3.8) is 0 Å². The molecule has 5 aromatic carbocycles. The van der Waals surface area contributed by atoms with Crippen LogP contribution in [0.25, 0.3) is 84.3 Å². The van der Waals surface area contributed by atoms with Gasteiger partial charge in [-0.1, -0.05) is 121 Å². The molecule has 0 radical (unpaired) electrons. The first-order chi connectivity index (χ1) is 24.8. The summed E-state index contributed by atoms with van der Waals surface area (Å²) < 4.78 is 9.13. The fourth-order valence-electron chi connectivity index (χ4n) is 7.69. The largest absolute Gasteiger partial charge is 0.456 e. The Balaban J connectivity index is 1.26. The van der Waals surface area contributed by atoms with Crippen LogP contribution in [0, 0.1) is 0 Å². The van der Waals surface area contributed by atoms with Gasteiger partial charge in [0.25, 0.3) is 0 Å². The van der Waals surface area contributed by atoms with Crippen LogP contribution in [0.2, 0.25) is 0 Å². The number of furan rings is 1. The van der Waals surface area contributed by atoms with E-state index in [9.17, 15) is 0 Å². The van der Waals surface area contributed by atoms with E-state index in [-0.39, 0.29) is 0 Å². The first kappa shape index (κ1) is 28.7. The Kier molecular flexibility index (Phi) is 6.69. The minimum Gasteiger partial charge on any atom is -0.456 e. The molecule has 10 rings (SSSR count). The summed E-state index contributed by atoms with van der Waals surface area (Å²) in [5.74, 6) is 1.88. The summed E-state index contributed by atoms with van der Waals surface area (Å²) in [5, 5.41) is 3.33. The molecule has 5 heteroatoms. The number of nitrogens with zero attached hydrogens (tertiary/aromatic N) is 4. The number of allylic oxidation sites excluding steroid dienone is 5. The molecular formula is C45H32N4O. The molecule has 8 aromatic rings. The van der Waals surface area contributed by atoms with Crippen molar-refractivity contribution in [2.45, 2.75) is 25.7 Å². The summed E-state index contributed by atoms with van der Waals surface area (Å²) in [6.45, 7) is 0. The van der Waals surface area contributed by atoms with E-state index in [0.717, 1.165) is 70.0 Å². The van der Waals surface area contributed by atoms with Crippen LogP contribution in [0.15, 0.2) is 144 Å². The first-order valence-corrected chi connectivity index (χ1v) is 17.3. The first-order valence-electron chi connectivity index (χ1n) is 17.3. The lowest BCUT2D eigenvalue weighted by Gasteiger charge is -2.15. The van der Waals surface area contributed by atoms with Crippen molar-refractivity contribution in [1.82, 2.24) is 19.5 Å². The van der Waals surface area contributed by atoms with Gasteiger partial charge in [0.2, 0.25) is 0 Å². The van der Waals surface area contributed by atoms with Gasteiger partial charge in [-0.25, -0.2) is 15.0 Å². The summed E-state index contributed by atoms with van der Waals surface area (Å²) in [5.41, 5.74) is 12.0. The summed E-state index contributed by atoms with van der Waals surface area (Å²) in [7, 11) is 0. The second-order valence-corrected chi connectivity index (χ2v) is 13.0. The smallest absolute Gasteiger partial charge is 0.164 e. The number of aromatic nitrogens is 4. The van der Waals surface area contributed by atoms with Gasteiger partial charge in [-0.2, -0.15) is 0 Å². The molecule has 0 spiro atoms. The fourth-order valence-corrected chi connectivity index (χ4v) is 7.69. The molecule has 50 heavy (non-hydrogen) atoms. The van der Waals surface area contributed by atoms with E-state index in [1.807, 2.05) is 72.8 Å².